The van der Waals surface area contributed by atoms with Crippen LogP contribution >= 0.6 is 10.2 Å². The van der Waals surface area contributed by atoms with E-state index < -0.39 is 15.1 Å². The number of rotatable bonds is 4. The molecule has 1 nitrogen and oxygen atoms in total. The first-order valence-electron chi connectivity index (χ1n) is 4.50. The van der Waals surface area contributed by atoms with Gasteiger partial charge in [-0.15, -0.1) is 0 Å². The summed E-state index contributed by atoms with van der Waals surface area (Å²) in [6, 6.07) is 2.46. The Morgan fingerprint density at radius 1 is 1.00 bits per heavy atom. The summed E-state index contributed by atoms with van der Waals surface area (Å²) in [7, 11) is -9.54. The highest BCUT2D eigenvalue weighted by Crippen LogP contribution is 3.02. The molecule has 16 heavy (non-hydrogen) atoms. The van der Waals surface area contributed by atoms with Gasteiger partial charge >= 0.3 is 10.2 Å². The lowest BCUT2D eigenvalue weighted by molar-refractivity contribution is 0.317. The van der Waals surface area contributed by atoms with E-state index in [0.717, 1.165) is 12.1 Å². The molecule has 7 heteroatoms. The summed E-state index contributed by atoms with van der Waals surface area (Å²) in [6.45, 7) is 2.15. The van der Waals surface area contributed by atoms with E-state index in [4.69, 9.17) is 4.74 Å². The standard InChI is InChI=1S/C9H11F5OS/c1-2-7-15-8-3-5-9(6-4-8)16(10,11,12,13)14/h3-6H,2,7H2,1H3. The third-order valence-corrected chi connectivity index (χ3v) is 2.91. The van der Waals surface area contributed by atoms with Crippen LogP contribution in [0.5, 0.6) is 5.75 Å². The fourth-order valence-electron chi connectivity index (χ4n) is 1.01. The zero-order valence-electron chi connectivity index (χ0n) is 8.43. The zero-order valence-corrected chi connectivity index (χ0v) is 9.25. The molecule has 0 aliphatic heterocycles. The molecule has 94 valence electrons. The van der Waals surface area contributed by atoms with Gasteiger partial charge in [-0.1, -0.05) is 26.4 Å². The van der Waals surface area contributed by atoms with E-state index in [2.05, 4.69) is 0 Å². The van der Waals surface area contributed by atoms with Gasteiger partial charge < -0.3 is 4.74 Å². The van der Waals surface area contributed by atoms with Crippen molar-refractivity contribution < 1.29 is 24.2 Å². The number of halogens is 5. The maximum atomic E-state index is 12.3. The van der Waals surface area contributed by atoms with Gasteiger partial charge in [-0.3, -0.25) is 0 Å². The van der Waals surface area contributed by atoms with E-state index in [-0.39, 0.29) is 5.75 Å². The molecule has 0 aliphatic carbocycles. The van der Waals surface area contributed by atoms with Crippen LogP contribution in [0.1, 0.15) is 13.3 Å². The minimum Gasteiger partial charge on any atom is -0.494 e. The molecule has 0 spiro atoms. The van der Waals surface area contributed by atoms with E-state index in [9.17, 15) is 19.4 Å². The molecular formula is C9H11F5OS. The molecule has 0 saturated heterocycles. The fourth-order valence-corrected chi connectivity index (χ4v) is 1.66. The first kappa shape index (κ1) is 13.1. The predicted octanol–water partition coefficient (Wildman–Crippen LogP) is 5.13. The Morgan fingerprint density at radius 3 is 1.88 bits per heavy atom. The Labute approximate surface area is 89.9 Å². The Hall–Kier alpha value is -0.980. The number of hydrogen-bond acceptors (Lipinski definition) is 1. The third-order valence-electron chi connectivity index (χ3n) is 1.74. The predicted molar refractivity (Wildman–Crippen MR) is 53.6 cm³/mol. The Morgan fingerprint density at radius 2 is 1.50 bits per heavy atom. The van der Waals surface area contributed by atoms with E-state index in [0.29, 0.717) is 25.2 Å². The molecule has 0 bridgehead atoms. The lowest BCUT2D eigenvalue weighted by Crippen LogP contribution is -2.05. The van der Waals surface area contributed by atoms with Crippen LogP contribution < -0.4 is 4.74 Å². The summed E-state index contributed by atoms with van der Waals surface area (Å²) < 4.78 is 66.4. The molecule has 1 rings (SSSR count). The maximum absolute atomic E-state index is 12.3. The van der Waals surface area contributed by atoms with Gasteiger partial charge in [0.05, 0.1) is 6.61 Å². The van der Waals surface area contributed by atoms with Crippen LogP contribution in [0.3, 0.4) is 0 Å². The number of hydrogen-bond donors (Lipinski definition) is 0. The van der Waals surface area contributed by atoms with Crippen LogP contribution in [-0.4, -0.2) is 6.61 Å². The van der Waals surface area contributed by atoms with Crippen LogP contribution in [0.25, 0.3) is 0 Å². The third kappa shape index (κ3) is 3.55. The SMILES string of the molecule is CCCOc1ccc(S(F)(F)(F)(F)F)cc1. The fraction of sp³-hybridized carbons (Fsp3) is 0.333. The molecule has 1 aromatic carbocycles. The summed E-state index contributed by atoms with van der Waals surface area (Å²) >= 11 is 0. The summed E-state index contributed by atoms with van der Waals surface area (Å²) in [5, 5.41) is 0. The normalized spacial score (nSPS) is 16.4. The molecule has 1 aromatic rings. The largest absolute Gasteiger partial charge is 0.494 e. The lowest BCUT2D eigenvalue weighted by atomic mass is 10.3. The summed E-state index contributed by atoms with van der Waals surface area (Å²) in [5.41, 5.74) is 0. The minimum absolute atomic E-state index is 0.146. The molecule has 0 unspecified atom stereocenters. The first-order chi connectivity index (χ1) is 7.03. The van der Waals surface area contributed by atoms with Crippen LogP contribution in [0.15, 0.2) is 29.2 Å². The number of benzene rings is 1. The van der Waals surface area contributed by atoms with Crippen molar-refractivity contribution in [2.45, 2.75) is 18.2 Å². The van der Waals surface area contributed by atoms with Crippen molar-refractivity contribution in [3.05, 3.63) is 24.3 Å². The van der Waals surface area contributed by atoms with Crippen molar-refractivity contribution in [3.8, 4) is 5.75 Å². The highest BCUT2D eigenvalue weighted by Gasteiger charge is 2.65. The van der Waals surface area contributed by atoms with Crippen molar-refractivity contribution >= 4 is 10.2 Å². The lowest BCUT2D eigenvalue weighted by Gasteiger charge is -2.40. The highest BCUT2D eigenvalue weighted by molar-refractivity contribution is 8.45. The molecule has 0 N–H and O–H groups in total. The Kier molecular flexibility index (Phi) is 2.66. The Balaban J connectivity index is 2.97. The van der Waals surface area contributed by atoms with Gasteiger partial charge in [0.1, 0.15) is 10.6 Å². The second-order valence-corrected chi connectivity index (χ2v) is 5.70. The molecule has 0 aliphatic rings. The van der Waals surface area contributed by atoms with Gasteiger partial charge in [0.25, 0.3) is 0 Å². The van der Waals surface area contributed by atoms with Crippen molar-refractivity contribution in [1.29, 1.82) is 0 Å². The van der Waals surface area contributed by atoms with Crippen molar-refractivity contribution in [2.24, 2.45) is 0 Å². The molecule has 0 heterocycles. The average Bonchev–Trinajstić information content (AvgIpc) is 2.12. The van der Waals surface area contributed by atoms with Gasteiger partial charge in [0.2, 0.25) is 0 Å². The molecular weight excluding hydrogens is 251 g/mol. The van der Waals surface area contributed by atoms with Crippen molar-refractivity contribution in [1.82, 2.24) is 0 Å². The second-order valence-electron chi connectivity index (χ2n) is 3.29. The molecule has 0 atom stereocenters. The molecule has 0 saturated carbocycles. The molecule has 0 radical (unpaired) electrons. The molecule has 0 amide bonds. The van der Waals surface area contributed by atoms with Crippen LogP contribution in [0.2, 0.25) is 0 Å². The van der Waals surface area contributed by atoms with Crippen molar-refractivity contribution in [3.63, 3.8) is 0 Å². The van der Waals surface area contributed by atoms with Gasteiger partial charge in [-0.25, -0.2) is 0 Å². The van der Waals surface area contributed by atoms with E-state index in [1.54, 1.807) is 0 Å². The van der Waals surface area contributed by atoms with E-state index in [1.165, 1.54) is 0 Å². The quantitative estimate of drug-likeness (QED) is 0.683. The second kappa shape index (κ2) is 3.26. The van der Waals surface area contributed by atoms with E-state index >= 15 is 0 Å². The first-order valence-corrected chi connectivity index (χ1v) is 6.45. The minimum atomic E-state index is -9.54. The van der Waals surface area contributed by atoms with E-state index in [1.807, 2.05) is 6.92 Å². The van der Waals surface area contributed by atoms with Gasteiger partial charge in [0.15, 0.2) is 0 Å². The van der Waals surface area contributed by atoms with Crippen molar-refractivity contribution in [2.75, 3.05) is 6.61 Å². The smallest absolute Gasteiger partial charge is 0.310 e. The topological polar surface area (TPSA) is 9.23 Å². The molecule has 0 fully saturated rings. The Bertz CT molecular complexity index is 368. The van der Waals surface area contributed by atoms with Gasteiger partial charge in [0, 0.05) is 0 Å². The monoisotopic (exact) mass is 262 g/mol. The maximum Gasteiger partial charge on any atom is 0.310 e. The zero-order chi connectivity index (χ0) is 12.5. The van der Waals surface area contributed by atoms with Crippen LogP contribution in [0.4, 0.5) is 19.4 Å². The highest BCUT2D eigenvalue weighted by atomic mass is 32.5. The summed E-state index contributed by atoms with van der Waals surface area (Å²) in [4.78, 5) is -1.90. The van der Waals surface area contributed by atoms with Gasteiger partial charge in [-0.05, 0) is 30.7 Å². The van der Waals surface area contributed by atoms with Crippen LogP contribution in [-0.2, 0) is 0 Å². The summed E-state index contributed by atoms with van der Waals surface area (Å²) in [5.74, 6) is 0.146. The average molecular weight is 262 g/mol. The summed E-state index contributed by atoms with van der Waals surface area (Å²) in [6.07, 6.45) is 0.684. The van der Waals surface area contributed by atoms with Crippen LogP contribution in [0, 0.1) is 0 Å². The molecule has 0 aromatic heterocycles. The van der Waals surface area contributed by atoms with Gasteiger partial charge in [-0.2, -0.15) is 0 Å². The number of ether oxygens (including phenoxy) is 1.